The molecule has 3 N–H and O–H groups in total. The van der Waals surface area contributed by atoms with Gasteiger partial charge in [-0.3, -0.25) is 37.3 Å². The zero-order valence-electron chi connectivity index (χ0n) is 63.0. The predicted molar refractivity (Wildman–Crippen MR) is 417 cm³/mol. The summed E-state index contributed by atoms with van der Waals surface area (Å²) in [6, 6.07) is 0. The molecule has 0 aromatic carbocycles. The average molecular weight is 1470 g/mol. The predicted octanol–water partition coefficient (Wildman–Crippen LogP) is 22.2. The van der Waals surface area contributed by atoms with Crippen molar-refractivity contribution >= 4 is 39.5 Å². The fourth-order valence-corrected chi connectivity index (χ4v) is 11.0. The van der Waals surface area contributed by atoms with Gasteiger partial charge in [0.15, 0.2) is 12.2 Å². The maximum absolute atomic E-state index is 13.1. The third kappa shape index (κ3) is 72.8. The molecular formula is C83H134O17P2. The zero-order chi connectivity index (χ0) is 74.6. The topological polar surface area (TPSA) is 237 Å². The quantitative estimate of drug-likeness (QED) is 0.0169. The molecule has 0 rings (SSSR count). The number of rotatable bonds is 70. The first-order valence-electron chi connectivity index (χ1n) is 38.4. The van der Waals surface area contributed by atoms with Crippen molar-refractivity contribution in [3.63, 3.8) is 0 Å². The van der Waals surface area contributed by atoms with Crippen LogP contribution in [-0.4, -0.2) is 96.7 Å². The van der Waals surface area contributed by atoms with Crippen molar-refractivity contribution in [2.45, 2.75) is 290 Å². The van der Waals surface area contributed by atoms with E-state index in [-0.39, 0.29) is 25.7 Å². The Balaban J connectivity index is 5.43. The van der Waals surface area contributed by atoms with Crippen molar-refractivity contribution in [1.29, 1.82) is 0 Å². The van der Waals surface area contributed by atoms with Gasteiger partial charge in [-0.1, -0.05) is 256 Å². The minimum absolute atomic E-state index is 0.0241. The van der Waals surface area contributed by atoms with Crippen LogP contribution in [0.1, 0.15) is 272 Å². The van der Waals surface area contributed by atoms with Crippen LogP contribution in [0.3, 0.4) is 0 Å². The van der Waals surface area contributed by atoms with Gasteiger partial charge in [-0.05, 0) is 161 Å². The van der Waals surface area contributed by atoms with E-state index in [9.17, 15) is 43.2 Å². The van der Waals surface area contributed by atoms with Gasteiger partial charge in [-0.15, -0.1) is 0 Å². The highest BCUT2D eigenvalue weighted by atomic mass is 31.2. The van der Waals surface area contributed by atoms with E-state index >= 15 is 0 Å². The van der Waals surface area contributed by atoms with Crippen LogP contribution in [0, 0.1) is 0 Å². The molecule has 0 fully saturated rings. The summed E-state index contributed by atoms with van der Waals surface area (Å²) in [5, 5.41) is 10.6. The number of allylic oxidation sites excluding steroid dienone is 28. The molecule has 0 aliphatic heterocycles. The van der Waals surface area contributed by atoms with E-state index in [0.717, 1.165) is 167 Å². The number of aliphatic hydroxyl groups is 1. The highest BCUT2D eigenvalue weighted by Gasteiger charge is 2.30. The molecule has 0 aliphatic carbocycles. The van der Waals surface area contributed by atoms with Gasteiger partial charge in [0, 0.05) is 25.7 Å². The molecule has 5 atom stereocenters. The van der Waals surface area contributed by atoms with E-state index < -0.39 is 97.5 Å². The van der Waals surface area contributed by atoms with Crippen molar-refractivity contribution in [2.75, 3.05) is 39.6 Å². The van der Waals surface area contributed by atoms with Crippen LogP contribution in [0.25, 0.3) is 0 Å². The van der Waals surface area contributed by atoms with Gasteiger partial charge in [0.25, 0.3) is 0 Å². The third-order valence-electron chi connectivity index (χ3n) is 15.2. The number of hydrogen-bond acceptors (Lipinski definition) is 15. The number of phosphoric ester groups is 2. The molecule has 0 heterocycles. The second-order valence-corrected chi connectivity index (χ2v) is 27.7. The van der Waals surface area contributed by atoms with Crippen molar-refractivity contribution < 1.29 is 80.2 Å². The van der Waals surface area contributed by atoms with Crippen molar-refractivity contribution in [3.05, 3.63) is 170 Å². The van der Waals surface area contributed by atoms with Crippen LogP contribution in [-0.2, 0) is 65.4 Å². The van der Waals surface area contributed by atoms with Gasteiger partial charge >= 0.3 is 39.5 Å². The number of carbonyl (C=O) groups is 4. The van der Waals surface area contributed by atoms with E-state index in [1.807, 2.05) is 12.2 Å². The number of unbranched alkanes of at least 4 members (excludes halogenated alkanes) is 16. The number of aliphatic hydroxyl groups excluding tert-OH is 1. The summed E-state index contributed by atoms with van der Waals surface area (Å²) in [6.45, 7) is 4.32. The number of carbonyl (C=O) groups excluding carboxylic acids is 4. The Labute approximate surface area is 616 Å². The highest BCUT2D eigenvalue weighted by molar-refractivity contribution is 7.47. The molecule has 17 nitrogen and oxygen atoms in total. The number of ether oxygens (including phenoxy) is 4. The lowest BCUT2D eigenvalue weighted by Gasteiger charge is -2.21. The summed E-state index contributed by atoms with van der Waals surface area (Å²) in [4.78, 5) is 72.8. The standard InChI is InChI=1S/C83H134O17P2/c1-5-9-13-17-21-25-29-32-35-37-38-40-43-45-49-52-56-60-64-68-80(85)93-73-78(99-82(87)69-65-61-57-53-47-28-24-20-16-12-8-4)75-97-101(89,90)95-71-77(84)72-96-102(91,92)98-76-79(100-83(88)70-66-62-58-54-50-46-41-34-31-27-23-19-15-11-7-3)74-94-81(86)67-63-59-55-51-48-44-42-39-36-33-30-26-22-18-14-10-6-2/h9-11,13-15,20-27,32-36,38,40-42,44,50-51,54-55,77-79,84H,5-8,12,16-19,28-31,37,39,43,45-49,52-53,56-76H2,1-4H3,(H,89,90)(H,91,92)/b13-9-,14-10-,15-11-,24-20-,25-21-,26-22-,27-23-,35-32-,36-33-,40-38-,41-34-,44-42-,54-50-,55-51-. The maximum Gasteiger partial charge on any atom is 0.472 e. The normalized spacial score (nSPS) is 14.9. The molecule has 0 amide bonds. The Morgan fingerprint density at radius 2 is 0.520 bits per heavy atom. The summed E-state index contributed by atoms with van der Waals surface area (Å²) >= 11 is 0. The van der Waals surface area contributed by atoms with Crippen LogP contribution in [0.15, 0.2) is 170 Å². The Morgan fingerprint density at radius 3 is 0.853 bits per heavy atom. The summed E-state index contributed by atoms with van der Waals surface area (Å²) in [5.74, 6) is -2.33. The minimum atomic E-state index is -5.01. The van der Waals surface area contributed by atoms with Gasteiger partial charge in [0.05, 0.1) is 26.4 Å². The second kappa shape index (κ2) is 73.7. The lowest BCUT2D eigenvalue weighted by Crippen LogP contribution is -2.30. The van der Waals surface area contributed by atoms with E-state index in [1.165, 1.54) is 12.8 Å². The summed E-state index contributed by atoms with van der Waals surface area (Å²) < 4.78 is 68.3. The average Bonchev–Trinajstić information content (AvgIpc) is 0.944. The molecule has 102 heavy (non-hydrogen) atoms. The highest BCUT2D eigenvalue weighted by Crippen LogP contribution is 2.45. The Bertz CT molecular complexity index is 2600. The first-order valence-corrected chi connectivity index (χ1v) is 41.4. The van der Waals surface area contributed by atoms with Crippen molar-refractivity contribution in [1.82, 2.24) is 0 Å². The maximum atomic E-state index is 13.1. The van der Waals surface area contributed by atoms with Crippen LogP contribution in [0.2, 0.25) is 0 Å². The molecule has 578 valence electrons. The number of phosphoric acid groups is 2. The van der Waals surface area contributed by atoms with Gasteiger partial charge in [-0.25, -0.2) is 9.13 Å². The van der Waals surface area contributed by atoms with Crippen LogP contribution in [0.4, 0.5) is 0 Å². The molecule has 0 saturated carbocycles. The molecule has 0 aromatic heterocycles. The summed E-state index contributed by atoms with van der Waals surface area (Å²) in [6.07, 6.45) is 86.5. The monoisotopic (exact) mass is 1460 g/mol. The van der Waals surface area contributed by atoms with E-state index in [2.05, 4.69) is 186 Å². The van der Waals surface area contributed by atoms with Crippen LogP contribution >= 0.6 is 15.6 Å². The van der Waals surface area contributed by atoms with E-state index in [0.29, 0.717) is 38.5 Å². The summed E-state index contributed by atoms with van der Waals surface area (Å²) in [7, 11) is -10.00. The Kier molecular flexibility index (Phi) is 69.7. The number of hydrogen-bond donors (Lipinski definition) is 3. The van der Waals surface area contributed by atoms with Gasteiger partial charge < -0.3 is 33.8 Å². The third-order valence-corrected chi connectivity index (χ3v) is 17.1. The Morgan fingerprint density at radius 1 is 0.284 bits per heavy atom. The lowest BCUT2D eigenvalue weighted by atomic mass is 10.1. The Hall–Kier alpha value is -5.58. The molecule has 0 bridgehead atoms. The summed E-state index contributed by atoms with van der Waals surface area (Å²) in [5.41, 5.74) is 0. The molecule has 5 unspecified atom stereocenters. The molecule has 0 spiro atoms. The van der Waals surface area contributed by atoms with Gasteiger partial charge in [-0.2, -0.15) is 0 Å². The first-order chi connectivity index (χ1) is 49.7. The fourth-order valence-electron chi connectivity index (χ4n) is 9.39. The lowest BCUT2D eigenvalue weighted by molar-refractivity contribution is -0.161. The second-order valence-electron chi connectivity index (χ2n) is 24.8. The first kappa shape index (κ1) is 96.4. The van der Waals surface area contributed by atoms with Gasteiger partial charge in [0.2, 0.25) is 0 Å². The molecule has 0 radical (unpaired) electrons. The molecule has 0 aliphatic rings. The molecule has 0 saturated heterocycles. The van der Waals surface area contributed by atoms with Crippen molar-refractivity contribution in [3.8, 4) is 0 Å². The largest absolute Gasteiger partial charge is 0.472 e. The molecule has 19 heteroatoms. The van der Waals surface area contributed by atoms with E-state index in [1.54, 1.807) is 0 Å². The number of esters is 4. The van der Waals surface area contributed by atoms with Crippen LogP contribution < -0.4 is 0 Å². The van der Waals surface area contributed by atoms with E-state index in [4.69, 9.17) is 37.0 Å². The molecular weight excluding hydrogens is 1330 g/mol. The fraction of sp³-hybridized carbons (Fsp3) is 0.614. The van der Waals surface area contributed by atoms with Crippen LogP contribution in [0.5, 0.6) is 0 Å². The smallest absolute Gasteiger partial charge is 0.462 e. The van der Waals surface area contributed by atoms with Crippen molar-refractivity contribution in [2.24, 2.45) is 0 Å². The SMILES string of the molecule is CC/C=C\C/C=C\C/C=C\C/C=C\C/C=C\CCCC(=O)OCC(COP(=O)(O)OCC(O)COP(=O)(O)OCC(COC(=O)CCCCCCCC/C=C\C/C=C\C/C=C\C/C=C\CC)OC(=O)CCCCCCC/C=C\CCCC)OC(=O)CCCC/C=C\C/C=C\C/C=C\C/C=C\CC. The minimum Gasteiger partial charge on any atom is -0.462 e. The molecule has 0 aromatic rings. The van der Waals surface area contributed by atoms with Gasteiger partial charge in [0.1, 0.15) is 19.3 Å². The zero-order valence-corrected chi connectivity index (χ0v) is 64.8.